The van der Waals surface area contributed by atoms with Crippen LogP contribution in [-0.4, -0.2) is 0 Å². The van der Waals surface area contributed by atoms with Gasteiger partial charge in [0.25, 0.3) is 0 Å². The first-order chi connectivity index (χ1) is 13.8. The first-order valence-electron chi connectivity index (χ1n) is 10.0. The molecule has 2 aliphatic carbocycles. The molecule has 0 saturated heterocycles. The van der Waals surface area contributed by atoms with E-state index in [-0.39, 0.29) is 37.4 Å². The molecule has 2 aromatic rings. The molecule has 0 aromatic heterocycles. The Kier molecular flexibility index (Phi) is 4.15. The number of hydrogen-bond donors (Lipinski definition) is 0. The minimum Gasteiger partial charge on any atom is -0.288 e. The number of benzene rings is 2. The molecular formula is C26H24O4. The van der Waals surface area contributed by atoms with Crippen LogP contribution in [0.25, 0.3) is 21.5 Å². The predicted octanol–water partition coefficient (Wildman–Crippen LogP) is 3.63. The van der Waals surface area contributed by atoms with Crippen LogP contribution < -0.4 is 21.7 Å². The minimum atomic E-state index is -0.553. The second-order valence-electron chi connectivity index (χ2n) is 10.1. The van der Waals surface area contributed by atoms with E-state index in [2.05, 4.69) is 0 Å². The van der Waals surface area contributed by atoms with E-state index in [0.29, 0.717) is 5.56 Å². The first-order valence-corrected chi connectivity index (χ1v) is 10.0. The lowest BCUT2D eigenvalue weighted by Crippen LogP contribution is -2.31. The maximum atomic E-state index is 13.6. The molecule has 0 atom stereocenters. The molecule has 152 valence electrons. The molecule has 30 heavy (non-hydrogen) atoms. The Hall–Kier alpha value is -3.14. The van der Waals surface area contributed by atoms with Gasteiger partial charge in [0, 0.05) is 21.5 Å². The highest BCUT2D eigenvalue weighted by Gasteiger charge is 2.26. The molecule has 4 heteroatoms. The van der Waals surface area contributed by atoms with Crippen molar-refractivity contribution in [3.05, 3.63) is 98.9 Å². The summed E-state index contributed by atoms with van der Waals surface area (Å²) in [6, 6.07) is 10.0. The summed E-state index contributed by atoms with van der Waals surface area (Å²) in [5, 5.41) is 0.243. The third-order valence-corrected chi connectivity index (χ3v) is 5.86. The summed E-state index contributed by atoms with van der Waals surface area (Å²) < 4.78 is 0. The van der Waals surface area contributed by atoms with Crippen LogP contribution >= 0.6 is 0 Å². The van der Waals surface area contributed by atoms with Crippen LogP contribution in [0.1, 0.15) is 52.7 Å². The zero-order valence-electron chi connectivity index (χ0n) is 18.1. The van der Waals surface area contributed by atoms with Crippen molar-refractivity contribution in [2.24, 2.45) is 0 Å². The maximum absolute atomic E-state index is 13.6. The van der Waals surface area contributed by atoms with Gasteiger partial charge in [-0.1, -0.05) is 71.9 Å². The normalized spacial score (nSPS) is 12.9. The Morgan fingerprint density at radius 3 is 1.50 bits per heavy atom. The molecule has 0 unspecified atom stereocenters. The van der Waals surface area contributed by atoms with E-state index in [9.17, 15) is 19.2 Å². The molecular weight excluding hydrogens is 376 g/mol. The summed E-state index contributed by atoms with van der Waals surface area (Å²) in [6.07, 6.45) is 0. The highest BCUT2D eigenvalue weighted by atomic mass is 16.1. The van der Waals surface area contributed by atoms with E-state index in [0.717, 1.165) is 5.56 Å². The minimum absolute atomic E-state index is 0.175. The highest BCUT2D eigenvalue weighted by Crippen LogP contribution is 2.33. The lowest BCUT2D eigenvalue weighted by atomic mass is 9.77. The zero-order valence-corrected chi connectivity index (χ0v) is 18.1. The lowest BCUT2D eigenvalue weighted by Gasteiger charge is -2.26. The first kappa shape index (κ1) is 20.1. The van der Waals surface area contributed by atoms with E-state index >= 15 is 0 Å². The van der Waals surface area contributed by atoms with Gasteiger partial charge in [-0.05, 0) is 28.0 Å². The number of hydrogen-bond acceptors (Lipinski definition) is 4. The molecule has 0 saturated carbocycles. The zero-order chi connectivity index (χ0) is 22.2. The predicted molar refractivity (Wildman–Crippen MR) is 122 cm³/mol. The summed E-state index contributed by atoms with van der Waals surface area (Å²) in [6.45, 7) is 12.0. The second-order valence-corrected chi connectivity index (χ2v) is 10.1. The Morgan fingerprint density at radius 1 is 0.567 bits per heavy atom. The average molecular weight is 400 g/mol. The van der Waals surface area contributed by atoms with Crippen LogP contribution in [0.2, 0.25) is 0 Å². The topological polar surface area (TPSA) is 68.3 Å². The Morgan fingerprint density at radius 2 is 1.03 bits per heavy atom. The van der Waals surface area contributed by atoms with Crippen molar-refractivity contribution in [2.45, 2.75) is 52.4 Å². The molecule has 0 N–H and O–H groups in total. The van der Waals surface area contributed by atoms with Crippen LogP contribution in [0.4, 0.5) is 0 Å². The van der Waals surface area contributed by atoms with Gasteiger partial charge in [-0.25, -0.2) is 0 Å². The monoisotopic (exact) mass is 400 g/mol. The molecule has 0 bridgehead atoms. The summed E-state index contributed by atoms with van der Waals surface area (Å²) in [4.78, 5) is 53.5. The molecule has 0 heterocycles. The van der Waals surface area contributed by atoms with Gasteiger partial charge < -0.3 is 0 Å². The van der Waals surface area contributed by atoms with Gasteiger partial charge in [-0.2, -0.15) is 0 Å². The quantitative estimate of drug-likeness (QED) is 0.452. The fourth-order valence-electron chi connectivity index (χ4n) is 4.16. The fraction of sp³-hybridized carbons (Fsp3) is 0.308. The Labute approximate surface area is 173 Å². The van der Waals surface area contributed by atoms with Gasteiger partial charge >= 0.3 is 0 Å². The van der Waals surface area contributed by atoms with Crippen molar-refractivity contribution >= 4 is 21.5 Å². The van der Waals surface area contributed by atoms with Crippen LogP contribution in [0.15, 0.2) is 55.6 Å². The van der Waals surface area contributed by atoms with Gasteiger partial charge in [0.2, 0.25) is 0 Å². The lowest BCUT2D eigenvalue weighted by molar-refractivity contribution is 0.572. The number of rotatable bonds is 0. The molecule has 0 amide bonds. The van der Waals surface area contributed by atoms with Gasteiger partial charge in [-0.3, -0.25) is 19.2 Å². The molecule has 2 aliphatic rings. The van der Waals surface area contributed by atoms with E-state index < -0.39 is 27.1 Å². The van der Waals surface area contributed by atoms with Gasteiger partial charge in [0.1, 0.15) is 0 Å². The van der Waals surface area contributed by atoms with Gasteiger partial charge in [0.15, 0.2) is 21.7 Å². The summed E-state index contributed by atoms with van der Waals surface area (Å²) >= 11 is 0. The van der Waals surface area contributed by atoms with Gasteiger partial charge in [0.05, 0.1) is 10.4 Å². The fourth-order valence-corrected chi connectivity index (χ4v) is 4.16. The van der Waals surface area contributed by atoms with Crippen molar-refractivity contribution < 1.29 is 0 Å². The summed E-state index contributed by atoms with van der Waals surface area (Å²) in [5.41, 5.74) is -1.24. The maximum Gasteiger partial charge on any atom is 0.198 e. The van der Waals surface area contributed by atoms with Gasteiger partial charge in [-0.15, -0.1) is 0 Å². The smallest absolute Gasteiger partial charge is 0.198 e. The van der Waals surface area contributed by atoms with E-state index in [1.54, 1.807) is 18.2 Å². The Balaban J connectivity index is 2.48. The molecule has 0 spiro atoms. The summed E-state index contributed by atoms with van der Waals surface area (Å²) in [5.74, 6) is 0. The van der Waals surface area contributed by atoms with Crippen molar-refractivity contribution in [1.82, 2.24) is 0 Å². The van der Waals surface area contributed by atoms with Crippen LogP contribution in [0, 0.1) is 10.4 Å². The van der Waals surface area contributed by atoms with E-state index in [1.807, 2.05) is 47.6 Å². The molecule has 0 fully saturated rings. The van der Waals surface area contributed by atoms with E-state index in [1.165, 1.54) is 12.1 Å². The molecule has 4 nitrogen and oxygen atoms in total. The Bertz CT molecular complexity index is 1620. The van der Waals surface area contributed by atoms with Crippen LogP contribution in [0.5, 0.6) is 0 Å². The van der Waals surface area contributed by atoms with Crippen LogP contribution in [-0.2, 0) is 10.8 Å². The molecule has 0 radical (unpaired) electrons. The van der Waals surface area contributed by atoms with Crippen molar-refractivity contribution in [2.75, 3.05) is 0 Å². The van der Waals surface area contributed by atoms with Crippen molar-refractivity contribution in [1.29, 1.82) is 0 Å². The third kappa shape index (κ3) is 2.74. The average Bonchev–Trinajstić information content (AvgIpc) is 2.66. The van der Waals surface area contributed by atoms with E-state index in [4.69, 9.17) is 0 Å². The van der Waals surface area contributed by atoms with Crippen molar-refractivity contribution in [3.63, 3.8) is 0 Å². The highest BCUT2D eigenvalue weighted by molar-refractivity contribution is 5.89. The van der Waals surface area contributed by atoms with Crippen molar-refractivity contribution in [3.8, 4) is 0 Å². The molecule has 2 aromatic carbocycles. The largest absolute Gasteiger partial charge is 0.288 e. The standard InChI is InChI=1S/C26H24O4/c1-25(2,3)13-11-16-18(17(12-13)26(4,5)6)24(30)20-19(23(16)29)21(27)14-9-7-8-10-15(14)22(20)28/h7-12H,1-6H3. The third-order valence-electron chi connectivity index (χ3n) is 5.86. The molecule has 0 aliphatic heterocycles. The summed E-state index contributed by atoms with van der Waals surface area (Å²) in [7, 11) is 0. The molecule has 4 rings (SSSR count). The van der Waals surface area contributed by atoms with Crippen LogP contribution in [0.3, 0.4) is 0 Å². The SMILES string of the molecule is CC(C)(C)c1cc(C(C)(C)C)c2c(=O)c3c(=O)c4ccccc4c(=O)c=3c(=O)c2c1. The second kappa shape index (κ2) is 6.18. The number of fused-ring (bicyclic) bond motifs is 2.